The van der Waals surface area contributed by atoms with Crippen LogP contribution in [0.4, 0.5) is 0 Å². The van der Waals surface area contributed by atoms with E-state index in [1.807, 2.05) is 0 Å². The number of ether oxygens (including phenoxy) is 10. The fraction of sp³-hybridized carbons (Fsp3) is 0.935. The van der Waals surface area contributed by atoms with E-state index in [1.54, 1.807) is 0 Å². The first-order valence-corrected chi connectivity index (χ1v) is 34.7. The predicted octanol–water partition coefficient (Wildman–Crippen LogP) is -13.8. The molecule has 5 rings (SSSR count). The Hall–Kier alpha value is -2.74. The van der Waals surface area contributed by atoms with E-state index >= 15 is 0 Å². The monoisotopic (exact) mass is 1510 g/mol. The third-order valence-corrected chi connectivity index (χ3v) is 16.4. The first kappa shape index (κ1) is 79.0. The van der Waals surface area contributed by atoms with Crippen LogP contribution in [0.15, 0.2) is 0 Å². The minimum absolute atomic E-state index is 0.735. The van der Waals surface area contributed by atoms with Gasteiger partial charge in [0.05, 0.1) is 19.8 Å². The number of rotatable bonds is 30. The molecule has 1 unspecified atom stereocenters. The summed E-state index contributed by atoms with van der Waals surface area (Å²) in [5.41, 5.74) is 0. The summed E-state index contributed by atoms with van der Waals surface area (Å²) in [6, 6.07) is -8.17. The number of hydrogen-bond donors (Lipinski definition) is 19. The first-order chi connectivity index (χ1) is 41.2. The second kappa shape index (κ2) is 29.9. The van der Waals surface area contributed by atoms with Crippen molar-refractivity contribution in [2.24, 2.45) is 0 Å². The summed E-state index contributed by atoms with van der Waals surface area (Å²) in [4.78, 5) is 25.8. The average molecular weight is 1510 g/mol. The molecule has 0 radical (unpaired) electrons. The van der Waals surface area contributed by atoms with Gasteiger partial charge in [-0.15, -0.1) is 0 Å². The van der Waals surface area contributed by atoms with Crippen molar-refractivity contribution in [1.29, 1.82) is 0 Å². The highest BCUT2D eigenvalue weighted by atomic mass is 32.3. The molecule has 52 nitrogen and oxygen atoms in total. The van der Waals surface area contributed by atoms with Gasteiger partial charge in [-0.1, -0.05) is 0 Å². The lowest BCUT2D eigenvalue weighted by molar-refractivity contribution is -0.373. The molecule has 0 aromatic rings. The number of methoxy groups -OCH3 is 1. The van der Waals surface area contributed by atoms with Crippen LogP contribution in [0.5, 0.6) is 0 Å². The number of nitrogens with one attached hydrogen (secondary N) is 3. The Morgan fingerprint density at radius 2 is 0.703 bits per heavy atom. The molecule has 0 bridgehead atoms. The predicted molar refractivity (Wildman–Crippen MR) is 262 cm³/mol. The molecule has 0 saturated carbocycles. The van der Waals surface area contributed by atoms with E-state index in [-0.39, 0.29) is 0 Å². The summed E-state index contributed by atoms with van der Waals surface area (Å²) in [5, 5.41) is 87.8. The summed E-state index contributed by atoms with van der Waals surface area (Å²) in [7, 11) is -45.9. The Labute approximate surface area is 509 Å². The second-order valence-electron chi connectivity index (χ2n) is 18.7. The number of hydrogen-bond acceptors (Lipinski definition) is 39. The summed E-state index contributed by atoms with van der Waals surface area (Å²) < 4.78 is 346. The molecule has 5 heterocycles. The molecule has 19 N–H and O–H groups in total. The largest absolute Gasteiger partial charge is 0.479 e. The molecule has 0 aliphatic carbocycles. The number of aliphatic hydroxyl groups is 6. The Bertz CT molecular complexity index is 3490. The lowest BCUT2D eigenvalue weighted by Gasteiger charge is -2.50. The number of aliphatic carboxylic acids is 2. The fourth-order valence-electron chi connectivity index (χ4n) is 8.98. The van der Waals surface area contributed by atoms with E-state index in [0.29, 0.717) is 0 Å². The van der Waals surface area contributed by atoms with Gasteiger partial charge in [0.15, 0.2) is 49.8 Å². The third-order valence-electron chi connectivity index (χ3n) is 12.4. The van der Waals surface area contributed by atoms with Crippen LogP contribution in [0.2, 0.25) is 0 Å². The third kappa shape index (κ3) is 22.9. The molecule has 5 saturated heterocycles. The summed E-state index contributed by atoms with van der Waals surface area (Å²) in [6.07, 6.45) is -63.6. The standard InChI is InChI=1S/C31H53N3O49S8/c1-69-27-9(33-85(48,49)50)13(37)17(6(74-27)3-71-88(57,58)59)76-31-22(83-91(66,67)68)16(40)21(24(81-31)26(43)44)79-29-10(34-86(51,52)53)19(82-90(63,64)65)18(7(75-29)4-72-89(60,61)62)77-30-15(39)14(38)20(23(80-30)25(41)42)78-28-8(32-84(45,46)47)12(36)11(35)5(73-28)2-70-87(54,55)56/h5-24,27-40H,2-4H2,1H3,(H,41,42)(H,43,44)(H,45,46,47)(H,48,49,50)(H,51,52,53)(H,54,55,56)(H,57,58,59)(H,60,61,62)(H,63,64,65)(H,66,67,68)/t5-,6-,7-,8-,9-,10+,11-,12+,13-,14-,15-,16-,17-,18?,19+,20+,21-,22-,23-,24-,27+,28-,29+,30-,31+/m0/s1. The zero-order chi connectivity index (χ0) is 69.4. The van der Waals surface area contributed by atoms with Crippen molar-refractivity contribution in [2.75, 3.05) is 26.9 Å². The molecule has 25 atom stereocenters. The van der Waals surface area contributed by atoms with Crippen LogP contribution in [-0.2, 0) is 161 Å². The number of aliphatic hydroxyl groups excluding tert-OH is 6. The van der Waals surface area contributed by atoms with Gasteiger partial charge in [-0.05, 0) is 0 Å². The molecule has 5 fully saturated rings. The highest BCUT2D eigenvalue weighted by Crippen LogP contribution is 2.39. The Balaban J connectivity index is 1.60. The Morgan fingerprint density at radius 3 is 1.13 bits per heavy atom. The topological polar surface area (TPSA) is 805 Å². The maximum absolute atomic E-state index is 13.0. The molecule has 60 heteroatoms. The van der Waals surface area contributed by atoms with Crippen molar-refractivity contribution in [3.8, 4) is 0 Å². The summed E-state index contributed by atoms with van der Waals surface area (Å²) in [6.45, 7) is -5.06. The van der Waals surface area contributed by atoms with Crippen LogP contribution in [0, 0.1) is 0 Å². The van der Waals surface area contributed by atoms with E-state index in [2.05, 4.69) is 20.9 Å². The molecule has 0 aromatic carbocycles. The van der Waals surface area contributed by atoms with Gasteiger partial charge in [0.2, 0.25) is 0 Å². The maximum Gasteiger partial charge on any atom is 0.397 e. The van der Waals surface area contributed by atoms with Gasteiger partial charge in [-0.2, -0.15) is 81.5 Å². The number of carboxylic acids is 2. The second-order valence-corrected chi connectivity index (χ2v) is 27.6. The molecular formula is C31H53N3O49S8. The summed E-state index contributed by atoms with van der Waals surface area (Å²) >= 11 is 0. The zero-order valence-electron chi connectivity index (χ0n) is 43.9. The molecule has 91 heavy (non-hydrogen) atoms. The average Bonchev–Trinajstić information content (AvgIpc) is 0.767. The van der Waals surface area contributed by atoms with E-state index < -0.39 is 268 Å². The SMILES string of the molecule is CO[C@@H]1O[C@@H](COS(=O)(=O)O)[C@H](O[C@@H]2O[C@H](C(=O)O)[C@@H](O[C@H]3O[C@@H](COS(=O)(=O)O)C(O[C@H]4O[C@H](C(=O)O)[C@H](O[C@@H]5O[C@@H](COS(=O)(=O)O)[C@H](O)[C@H](O)[C@@H]5NS(=O)(=O)O)[C@@H](O)[C@@H]4O)[C@H](OS(=O)(=O)O)[C@H]3NS(=O)(=O)O)[C@H](O)[C@@H]2OS(=O)(=O)O)[C@@H](O)[C@@H]1NS(=O)(=O)O. The van der Waals surface area contributed by atoms with Gasteiger partial charge in [-0.3, -0.25) is 36.4 Å². The Morgan fingerprint density at radius 1 is 0.352 bits per heavy atom. The van der Waals surface area contributed by atoms with E-state index in [1.165, 1.54) is 9.44 Å². The highest BCUT2D eigenvalue weighted by molar-refractivity contribution is 7.84. The van der Waals surface area contributed by atoms with Crippen LogP contribution in [-0.4, -0.2) is 337 Å². The van der Waals surface area contributed by atoms with Crippen molar-refractivity contribution in [3.63, 3.8) is 0 Å². The van der Waals surface area contributed by atoms with Crippen molar-refractivity contribution in [3.05, 3.63) is 0 Å². The number of carboxylic acid groups (broad SMARTS) is 2. The van der Waals surface area contributed by atoms with Crippen LogP contribution in [0.25, 0.3) is 0 Å². The van der Waals surface area contributed by atoms with Crippen molar-refractivity contribution < 1.29 is 222 Å². The van der Waals surface area contributed by atoms with Crippen LogP contribution in [0.3, 0.4) is 0 Å². The molecule has 0 amide bonds. The van der Waals surface area contributed by atoms with Gasteiger partial charge < -0.3 is 88.2 Å². The van der Waals surface area contributed by atoms with Crippen molar-refractivity contribution in [1.82, 2.24) is 14.2 Å². The zero-order valence-corrected chi connectivity index (χ0v) is 50.5. The lowest BCUT2D eigenvalue weighted by atomic mass is 9.94. The van der Waals surface area contributed by atoms with E-state index in [4.69, 9.17) is 51.9 Å². The minimum Gasteiger partial charge on any atom is -0.479 e. The minimum atomic E-state index is -6.36. The smallest absolute Gasteiger partial charge is 0.397 e. The number of carbonyl (C=O) groups is 2. The molecule has 0 aromatic heterocycles. The molecule has 534 valence electrons. The maximum atomic E-state index is 13.0. The molecule has 5 aliphatic heterocycles. The van der Waals surface area contributed by atoms with Gasteiger partial charge in [0.25, 0.3) is 0 Å². The quantitative estimate of drug-likeness (QED) is 0.0297. The first-order valence-electron chi connectivity index (χ1n) is 23.5. The van der Waals surface area contributed by atoms with Gasteiger partial charge in [0.1, 0.15) is 104 Å². The Kier molecular flexibility index (Phi) is 26.0. The van der Waals surface area contributed by atoms with Crippen LogP contribution < -0.4 is 14.2 Å². The van der Waals surface area contributed by atoms with E-state index in [0.717, 1.165) is 11.8 Å². The molecule has 0 spiro atoms. The van der Waals surface area contributed by atoms with Gasteiger partial charge >= 0.3 is 94.8 Å². The normalized spacial score (nSPS) is 38.6. The van der Waals surface area contributed by atoms with E-state index in [9.17, 15) is 150 Å². The molecular weight excluding hydrogens is 1450 g/mol. The lowest BCUT2D eigenvalue weighted by Crippen LogP contribution is -2.71. The fourth-order valence-corrected chi connectivity index (χ4v) is 12.7. The van der Waals surface area contributed by atoms with Crippen LogP contribution in [0.1, 0.15) is 0 Å². The van der Waals surface area contributed by atoms with Crippen molar-refractivity contribution >= 4 is 94.8 Å². The highest BCUT2D eigenvalue weighted by Gasteiger charge is 2.61. The van der Waals surface area contributed by atoms with Gasteiger partial charge in [-0.25, -0.2) is 30.5 Å². The van der Waals surface area contributed by atoms with Gasteiger partial charge in [0, 0.05) is 7.11 Å². The van der Waals surface area contributed by atoms with Crippen molar-refractivity contribution in [2.45, 2.75) is 153 Å². The summed E-state index contributed by atoms with van der Waals surface area (Å²) in [5.74, 6) is -4.91. The van der Waals surface area contributed by atoms with Crippen LogP contribution >= 0.6 is 0 Å². The molecule has 5 aliphatic rings.